The third-order valence-electron chi connectivity index (χ3n) is 2.77. The second-order valence-corrected chi connectivity index (χ2v) is 4.87. The first kappa shape index (κ1) is 11.9. The predicted molar refractivity (Wildman–Crippen MR) is 72.2 cm³/mol. The molecule has 1 aromatic carbocycles. The minimum absolute atomic E-state index is 0.0946. The second kappa shape index (κ2) is 4.47. The van der Waals surface area contributed by atoms with Gasteiger partial charge in [-0.2, -0.15) is 16.3 Å². The molecule has 96 valence electrons. The maximum atomic E-state index is 13.4. The van der Waals surface area contributed by atoms with Crippen molar-refractivity contribution in [3.05, 3.63) is 40.3 Å². The van der Waals surface area contributed by atoms with Crippen molar-refractivity contribution in [2.24, 2.45) is 0 Å². The fourth-order valence-electron chi connectivity index (χ4n) is 1.70. The first-order valence-corrected chi connectivity index (χ1v) is 6.51. The van der Waals surface area contributed by atoms with Crippen LogP contribution in [0.4, 0.5) is 10.1 Å². The molecule has 0 unspecified atom stereocenters. The van der Waals surface area contributed by atoms with E-state index in [9.17, 15) is 4.39 Å². The van der Waals surface area contributed by atoms with Gasteiger partial charge in [-0.1, -0.05) is 5.16 Å². The maximum Gasteiger partial charge on any atom is 0.258 e. The molecule has 0 aliphatic carbocycles. The summed E-state index contributed by atoms with van der Waals surface area (Å²) in [5, 5.41) is 7.87. The molecule has 0 amide bonds. The van der Waals surface area contributed by atoms with E-state index in [0.29, 0.717) is 11.4 Å². The molecule has 2 heterocycles. The van der Waals surface area contributed by atoms with Crippen molar-refractivity contribution in [3.8, 4) is 22.8 Å². The summed E-state index contributed by atoms with van der Waals surface area (Å²) in [4.78, 5) is 4.28. The zero-order valence-electron chi connectivity index (χ0n) is 10.1. The molecule has 0 aliphatic heterocycles. The lowest BCUT2D eigenvalue weighted by Gasteiger charge is -1.97. The Morgan fingerprint density at radius 1 is 1.32 bits per heavy atom. The number of hydrogen-bond donors (Lipinski definition) is 1. The molecule has 2 aromatic heterocycles. The Bertz CT molecular complexity index is 735. The van der Waals surface area contributed by atoms with Crippen molar-refractivity contribution in [1.29, 1.82) is 0 Å². The number of nitrogens with zero attached hydrogens (tertiary/aromatic N) is 2. The second-order valence-electron chi connectivity index (χ2n) is 4.13. The van der Waals surface area contributed by atoms with Gasteiger partial charge in [0.25, 0.3) is 5.89 Å². The van der Waals surface area contributed by atoms with Crippen molar-refractivity contribution < 1.29 is 8.91 Å². The molecule has 3 rings (SSSR count). The van der Waals surface area contributed by atoms with Gasteiger partial charge in [0.2, 0.25) is 5.82 Å². The van der Waals surface area contributed by atoms with Gasteiger partial charge in [0, 0.05) is 16.5 Å². The molecule has 0 aliphatic rings. The van der Waals surface area contributed by atoms with Gasteiger partial charge in [-0.15, -0.1) is 0 Å². The maximum absolute atomic E-state index is 13.4. The highest BCUT2D eigenvalue weighted by Crippen LogP contribution is 2.27. The number of nitrogen functional groups attached to an aromatic ring is 1. The SMILES string of the molecule is Cc1cscc1-c1noc(-c2ccc(N)c(F)c2)n1. The van der Waals surface area contributed by atoms with Crippen molar-refractivity contribution in [3.63, 3.8) is 0 Å². The average molecular weight is 275 g/mol. The van der Waals surface area contributed by atoms with Crippen LogP contribution in [-0.4, -0.2) is 10.1 Å². The Morgan fingerprint density at radius 2 is 2.16 bits per heavy atom. The number of benzene rings is 1. The smallest absolute Gasteiger partial charge is 0.258 e. The molecule has 0 radical (unpaired) electrons. The van der Waals surface area contributed by atoms with E-state index in [-0.39, 0.29) is 11.6 Å². The molecule has 0 saturated heterocycles. The Labute approximate surface area is 112 Å². The van der Waals surface area contributed by atoms with E-state index < -0.39 is 5.82 Å². The van der Waals surface area contributed by atoms with Gasteiger partial charge in [-0.25, -0.2) is 4.39 Å². The monoisotopic (exact) mass is 275 g/mol. The van der Waals surface area contributed by atoms with Crippen molar-refractivity contribution in [1.82, 2.24) is 10.1 Å². The van der Waals surface area contributed by atoms with Gasteiger partial charge >= 0.3 is 0 Å². The summed E-state index contributed by atoms with van der Waals surface area (Å²) in [5.74, 6) is 0.287. The molecule has 0 saturated carbocycles. The van der Waals surface area contributed by atoms with Gasteiger partial charge in [-0.3, -0.25) is 0 Å². The lowest BCUT2D eigenvalue weighted by molar-refractivity contribution is 0.432. The lowest BCUT2D eigenvalue weighted by atomic mass is 10.2. The summed E-state index contributed by atoms with van der Waals surface area (Å²) in [5.41, 5.74) is 8.05. The standard InChI is InChI=1S/C13H10FN3OS/c1-7-5-19-6-9(7)12-16-13(18-17-12)8-2-3-11(15)10(14)4-8/h2-6H,15H2,1H3. The van der Waals surface area contributed by atoms with Crippen LogP contribution >= 0.6 is 11.3 Å². The van der Waals surface area contributed by atoms with Crippen molar-refractivity contribution >= 4 is 17.0 Å². The fraction of sp³-hybridized carbons (Fsp3) is 0.0769. The van der Waals surface area contributed by atoms with Crippen molar-refractivity contribution in [2.45, 2.75) is 6.92 Å². The van der Waals surface area contributed by atoms with Crippen LogP contribution in [0.15, 0.2) is 33.5 Å². The van der Waals surface area contributed by atoms with Crippen LogP contribution in [0.25, 0.3) is 22.8 Å². The van der Waals surface area contributed by atoms with Gasteiger partial charge in [0.15, 0.2) is 0 Å². The average Bonchev–Trinajstić information content (AvgIpc) is 3.01. The number of rotatable bonds is 2. The zero-order chi connectivity index (χ0) is 13.4. The fourth-order valence-corrected chi connectivity index (χ4v) is 2.53. The Hall–Kier alpha value is -2.21. The summed E-state index contributed by atoms with van der Waals surface area (Å²) in [6.45, 7) is 1.98. The van der Waals surface area contributed by atoms with Crippen LogP contribution < -0.4 is 5.73 Å². The molecule has 0 fully saturated rings. The number of thiophene rings is 1. The highest BCUT2D eigenvalue weighted by atomic mass is 32.1. The summed E-state index contributed by atoms with van der Waals surface area (Å²) in [6.07, 6.45) is 0. The third kappa shape index (κ3) is 2.10. The molecule has 0 spiro atoms. The molecule has 0 atom stereocenters. The number of aryl methyl sites for hydroxylation is 1. The normalized spacial score (nSPS) is 10.8. The van der Waals surface area contributed by atoms with E-state index in [1.165, 1.54) is 12.1 Å². The molecule has 19 heavy (non-hydrogen) atoms. The number of hydrogen-bond acceptors (Lipinski definition) is 5. The summed E-state index contributed by atoms with van der Waals surface area (Å²) < 4.78 is 18.6. The number of halogens is 1. The quantitative estimate of drug-likeness (QED) is 0.727. The molecular weight excluding hydrogens is 265 g/mol. The first-order valence-electron chi connectivity index (χ1n) is 5.57. The van der Waals surface area contributed by atoms with E-state index in [1.54, 1.807) is 17.4 Å². The van der Waals surface area contributed by atoms with E-state index in [1.807, 2.05) is 17.7 Å². The molecule has 6 heteroatoms. The van der Waals surface area contributed by atoms with E-state index in [0.717, 1.165) is 11.1 Å². The third-order valence-corrected chi connectivity index (χ3v) is 3.63. The minimum Gasteiger partial charge on any atom is -0.396 e. The van der Waals surface area contributed by atoms with Crippen LogP contribution in [0.5, 0.6) is 0 Å². The van der Waals surface area contributed by atoms with Gasteiger partial charge < -0.3 is 10.3 Å². The topological polar surface area (TPSA) is 64.9 Å². The number of nitrogens with two attached hydrogens (primary N) is 1. The number of aromatic nitrogens is 2. The van der Waals surface area contributed by atoms with Crippen LogP contribution in [-0.2, 0) is 0 Å². The molecule has 3 aromatic rings. The van der Waals surface area contributed by atoms with Crippen LogP contribution in [0.3, 0.4) is 0 Å². The van der Waals surface area contributed by atoms with E-state index in [4.69, 9.17) is 10.3 Å². The van der Waals surface area contributed by atoms with Crippen LogP contribution in [0.2, 0.25) is 0 Å². The first-order chi connectivity index (χ1) is 9.15. The minimum atomic E-state index is -0.496. The largest absolute Gasteiger partial charge is 0.396 e. The number of anilines is 1. The lowest BCUT2D eigenvalue weighted by Crippen LogP contribution is -1.90. The Kier molecular flexibility index (Phi) is 2.79. The molecular formula is C13H10FN3OS. The van der Waals surface area contributed by atoms with E-state index >= 15 is 0 Å². The van der Waals surface area contributed by atoms with Crippen molar-refractivity contribution in [2.75, 3.05) is 5.73 Å². The van der Waals surface area contributed by atoms with Gasteiger partial charge in [-0.05, 0) is 36.1 Å². The van der Waals surface area contributed by atoms with Crippen LogP contribution in [0, 0.1) is 12.7 Å². The predicted octanol–water partition coefficient (Wildman–Crippen LogP) is 3.49. The molecule has 0 bridgehead atoms. The highest BCUT2D eigenvalue weighted by Gasteiger charge is 2.13. The van der Waals surface area contributed by atoms with Gasteiger partial charge in [0.05, 0.1) is 5.69 Å². The summed E-state index contributed by atoms with van der Waals surface area (Å²) in [7, 11) is 0. The molecule has 4 nitrogen and oxygen atoms in total. The zero-order valence-corrected chi connectivity index (χ0v) is 10.9. The summed E-state index contributed by atoms with van der Waals surface area (Å²) >= 11 is 1.57. The Morgan fingerprint density at radius 3 is 2.84 bits per heavy atom. The van der Waals surface area contributed by atoms with Crippen LogP contribution in [0.1, 0.15) is 5.56 Å². The Balaban J connectivity index is 2.01. The highest BCUT2D eigenvalue weighted by molar-refractivity contribution is 7.08. The van der Waals surface area contributed by atoms with Gasteiger partial charge in [0.1, 0.15) is 5.82 Å². The molecule has 2 N–H and O–H groups in total. The summed E-state index contributed by atoms with van der Waals surface area (Å²) in [6, 6.07) is 4.41. The van der Waals surface area contributed by atoms with E-state index in [2.05, 4.69) is 10.1 Å².